The van der Waals surface area contributed by atoms with E-state index in [1.54, 1.807) is 0 Å². The molecule has 0 atom stereocenters. The van der Waals surface area contributed by atoms with Gasteiger partial charge in [0.2, 0.25) is 0 Å². The Kier molecular flexibility index (Phi) is 2.18. The minimum atomic E-state index is 0.645. The molecule has 4 heteroatoms. The third kappa shape index (κ3) is 1.64. The molecule has 1 aliphatic heterocycles. The molecule has 1 aromatic rings. The van der Waals surface area contributed by atoms with Gasteiger partial charge in [-0.3, -0.25) is 0 Å². The van der Waals surface area contributed by atoms with Gasteiger partial charge in [-0.05, 0) is 19.9 Å². The minimum absolute atomic E-state index is 0.645. The van der Waals surface area contributed by atoms with Gasteiger partial charge in [0.25, 0.3) is 0 Å². The molecule has 80 valence electrons. The molecule has 0 unspecified atom stereocenters. The predicted molar refractivity (Wildman–Crippen MR) is 57.3 cm³/mol. The van der Waals surface area contributed by atoms with Gasteiger partial charge in [0.15, 0.2) is 0 Å². The van der Waals surface area contributed by atoms with Gasteiger partial charge in [-0.25, -0.2) is 9.97 Å². The van der Waals surface area contributed by atoms with E-state index in [4.69, 9.17) is 0 Å². The van der Waals surface area contributed by atoms with E-state index < -0.39 is 0 Å². The van der Waals surface area contributed by atoms with Crippen LogP contribution in [0.5, 0.6) is 0 Å². The average Bonchev–Trinajstić information content (AvgIpc) is 2.98. The van der Waals surface area contributed by atoms with E-state index in [9.17, 15) is 0 Å². The Labute approximate surface area is 89.5 Å². The summed E-state index contributed by atoms with van der Waals surface area (Å²) in [7, 11) is 1.97. The molecule has 1 aromatic heterocycles. The highest BCUT2D eigenvalue weighted by atomic mass is 15.0. The van der Waals surface area contributed by atoms with Crippen LogP contribution in [0.15, 0.2) is 0 Å². The molecular weight excluding hydrogens is 188 g/mol. The van der Waals surface area contributed by atoms with Crippen molar-refractivity contribution in [3.63, 3.8) is 0 Å². The number of hydrogen-bond acceptors (Lipinski definition) is 4. The van der Waals surface area contributed by atoms with Crippen molar-refractivity contribution in [2.45, 2.75) is 38.4 Å². The Hall–Kier alpha value is -1.00. The largest absolute Gasteiger partial charge is 0.314 e. The zero-order valence-electron chi connectivity index (χ0n) is 9.01. The number of nitrogens with one attached hydrogen (secondary N) is 2. The normalized spacial score (nSPS) is 19.3. The lowest BCUT2D eigenvalue weighted by atomic mass is 10.1. The maximum atomic E-state index is 4.68. The van der Waals surface area contributed by atoms with Gasteiger partial charge in [0.05, 0.1) is 11.4 Å². The Bertz CT molecular complexity index is 384. The van der Waals surface area contributed by atoms with Crippen LogP contribution >= 0.6 is 0 Å². The quantitative estimate of drug-likeness (QED) is 0.760. The molecule has 1 aliphatic carbocycles. The molecule has 4 nitrogen and oxygen atoms in total. The maximum Gasteiger partial charge on any atom is 0.132 e. The molecular formula is C11H16N4. The molecule has 0 bridgehead atoms. The van der Waals surface area contributed by atoms with Gasteiger partial charge in [-0.15, -0.1) is 0 Å². The third-order valence-electron chi connectivity index (χ3n) is 3.08. The number of rotatable bonds is 3. The Morgan fingerprint density at radius 2 is 2.20 bits per heavy atom. The summed E-state index contributed by atoms with van der Waals surface area (Å²) in [6, 6.07) is 0. The standard InChI is InChI=1S/C11H16N4/c1-12-5-9-8-4-13-6-10(8)15-11(14-9)7-2-3-7/h7,12-13H,2-6H2,1H3. The second-order valence-corrected chi connectivity index (χ2v) is 4.36. The predicted octanol–water partition coefficient (Wildman–Crippen LogP) is 0.677. The molecule has 2 heterocycles. The highest BCUT2D eigenvalue weighted by Gasteiger charge is 2.29. The first-order valence-corrected chi connectivity index (χ1v) is 5.62. The van der Waals surface area contributed by atoms with Crippen LogP contribution in [-0.2, 0) is 19.6 Å². The lowest BCUT2D eigenvalue weighted by Crippen LogP contribution is -2.13. The molecule has 3 rings (SSSR count). The number of nitrogens with zero attached hydrogens (tertiary/aromatic N) is 2. The van der Waals surface area contributed by atoms with E-state index >= 15 is 0 Å². The second kappa shape index (κ2) is 3.54. The number of aromatic nitrogens is 2. The monoisotopic (exact) mass is 204 g/mol. The van der Waals surface area contributed by atoms with Crippen LogP contribution in [0.4, 0.5) is 0 Å². The van der Waals surface area contributed by atoms with Crippen molar-refractivity contribution < 1.29 is 0 Å². The van der Waals surface area contributed by atoms with Gasteiger partial charge < -0.3 is 10.6 Å². The van der Waals surface area contributed by atoms with E-state index in [-0.39, 0.29) is 0 Å². The van der Waals surface area contributed by atoms with Gasteiger partial charge >= 0.3 is 0 Å². The lowest BCUT2D eigenvalue weighted by molar-refractivity contribution is 0.741. The molecule has 0 radical (unpaired) electrons. The second-order valence-electron chi connectivity index (χ2n) is 4.36. The summed E-state index contributed by atoms with van der Waals surface area (Å²) in [5, 5.41) is 6.52. The number of hydrogen-bond donors (Lipinski definition) is 2. The van der Waals surface area contributed by atoms with Crippen molar-refractivity contribution in [3.8, 4) is 0 Å². The van der Waals surface area contributed by atoms with Crippen molar-refractivity contribution >= 4 is 0 Å². The van der Waals surface area contributed by atoms with Crippen molar-refractivity contribution in [3.05, 3.63) is 22.8 Å². The van der Waals surface area contributed by atoms with E-state index in [0.717, 1.165) is 25.5 Å². The summed E-state index contributed by atoms with van der Waals surface area (Å²) in [5.74, 6) is 1.72. The molecule has 2 aliphatic rings. The summed E-state index contributed by atoms with van der Waals surface area (Å²) in [4.78, 5) is 9.34. The van der Waals surface area contributed by atoms with Gasteiger partial charge in [-0.2, -0.15) is 0 Å². The fourth-order valence-corrected chi connectivity index (χ4v) is 2.10. The maximum absolute atomic E-state index is 4.68. The van der Waals surface area contributed by atoms with Crippen LogP contribution in [0.25, 0.3) is 0 Å². The van der Waals surface area contributed by atoms with Gasteiger partial charge in [-0.1, -0.05) is 0 Å². The molecule has 2 N–H and O–H groups in total. The highest BCUT2D eigenvalue weighted by molar-refractivity contribution is 5.30. The summed E-state index contributed by atoms with van der Waals surface area (Å²) in [6.45, 7) is 2.69. The van der Waals surface area contributed by atoms with Crippen LogP contribution < -0.4 is 10.6 Å². The topological polar surface area (TPSA) is 49.8 Å². The summed E-state index contributed by atoms with van der Waals surface area (Å²) in [5.41, 5.74) is 3.72. The van der Waals surface area contributed by atoms with Gasteiger partial charge in [0, 0.05) is 31.1 Å². The first kappa shape index (κ1) is 9.24. The van der Waals surface area contributed by atoms with E-state index in [0.29, 0.717) is 5.92 Å². The molecule has 0 spiro atoms. The van der Waals surface area contributed by atoms with Crippen molar-refractivity contribution in [2.75, 3.05) is 7.05 Å². The molecule has 0 amide bonds. The Balaban J connectivity index is 2.02. The Morgan fingerprint density at radius 1 is 1.33 bits per heavy atom. The fourth-order valence-electron chi connectivity index (χ4n) is 2.10. The molecule has 1 saturated carbocycles. The number of fused-ring (bicyclic) bond motifs is 1. The van der Waals surface area contributed by atoms with Crippen LogP contribution in [-0.4, -0.2) is 17.0 Å². The average molecular weight is 204 g/mol. The fraction of sp³-hybridized carbons (Fsp3) is 0.636. The zero-order chi connectivity index (χ0) is 10.3. The third-order valence-corrected chi connectivity index (χ3v) is 3.08. The molecule has 1 fully saturated rings. The SMILES string of the molecule is CNCc1nc(C2CC2)nc2c1CNC2. The van der Waals surface area contributed by atoms with E-state index in [1.165, 1.54) is 29.8 Å². The van der Waals surface area contributed by atoms with E-state index in [1.807, 2.05) is 7.05 Å². The van der Waals surface area contributed by atoms with Crippen LogP contribution in [0.2, 0.25) is 0 Å². The van der Waals surface area contributed by atoms with Crippen LogP contribution in [0, 0.1) is 0 Å². The lowest BCUT2D eigenvalue weighted by Gasteiger charge is -2.08. The molecule has 0 saturated heterocycles. The molecule has 0 aromatic carbocycles. The summed E-state index contributed by atoms with van der Waals surface area (Å²) < 4.78 is 0. The smallest absolute Gasteiger partial charge is 0.132 e. The van der Waals surface area contributed by atoms with Gasteiger partial charge in [0.1, 0.15) is 5.82 Å². The minimum Gasteiger partial charge on any atom is -0.314 e. The van der Waals surface area contributed by atoms with E-state index in [2.05, 4.69) is 20.6 Å². The zero-order valence-corrected chi connectivity index (χ0v) is 9.01. The first-order valence-electron chi connectivity index (χ1n) is 5.62. The molecule has 15 heavy (non-hydrogen) atoms. The highest BCUT2D eigenvalue weighted by Crippen LogP contribution is 2.38. The van der Waals surface area contributed by atoms with Crippen molar-refractivity contribution in [2.24, 2.45) is 0 Å². The van der Waals surface area contributed by atoms with Crippen molar-refractivity contribution in [1.29, 1.82) is 0 Å². The summed E-state index contributed by atoms with van der Waals surface area (Å²) >= 11 is 0. The van der Waals surface area contributed by atoms with Crippen LogP contribution in [0.3, 0.4) is 0 Å². The summed E-state index contributed by atoms with van der Waals surface area (Å²) in [6.07, 6.45) is 2.54. The van der Waals surface area contributed by atoms with Crippen LogP contribution in [0.1, 0.15) is 41.5 Å². The Morgan fingerprint density at radius 3 is 2.93 bits per heavy atom. The first-order chi connectivity index (χ1) is 7.38. The van der Waals surface area contributed by atoms with Crippen molar-refractivity contribution in [1.82, 2.24) is 20.6 Å².